The van der Waals surface area contributed by atoms with Crippen LogP contribution in [0.25, 0.3) is 11.5 Å². The number of nitrogens with one attached hydrogen (secondary N) is 1. The van der Waals surface area contributed by atoms with Gasteiger partial charge in [0.05, 0.1) is 24.3 Å². The molecular weight excluding hydrogens is 316 g/mol. The molecule has 0 aliphatic rings. The maximum Gasteiger partial charge on any atom is 0.226 e. The summed E-state index contributed by atoms with van der Waals surface area (Å²) in [5.74, 6) is 0.263. The lowest BCUT2D eigenvalue weighted by Crippen LogP contribution is -2.32. The monoisotopic (exact) mass is 336 g/mol. The number of benzene rings is 2. The smallest absolute Gasteiger partial charge is 0.226 e. The van der Waals surface area contributed by atoms with E-state index in [2.05, 4.69) is 10.3 Å². The van der Waals surface area contributed by atoms with Gasteiger partial charge in [-0.15, -0.1) is 0 Å². The van der Waals surface area contributed by atoms with E-state index < -0.39 is 5.60 Å². The number of amides is 1. The number of rotatable bonds is 6. The molecule has 1 aromatic heterocycles. The molecule has 0 radical (unpaired) electrons. The standard InChI is InChI=1S/C20H20N2O3/c1-20(24,16-10-6-3-7-11-16)12-18(23)21-13-17-14-25-19(22-17)15-8-4-2-5-9-15/h2-11,14,24H,12-13H2,1H3,(H,21,23). The largest absolute Gasteiger partial charge is 0.444 e. The second-order valence-corrected chi connectivity index (χ2v) is 6.10. The minimum Gasteiger partial charge on any atom is -0.444 e. The highest BCUT2D eigenvalue weighted by Crippen LogP contribution is 2.24. The van der Waals surface area contributed by atoms with Gasteiger partial charge in [0.15, 0.2) is 0 Å². The van der Waals surface area contributed by atoms with E-state index in [4.69, 9.17) is 4.42 Å². The summed E-state index contributed by atoms with van der Waals surface area (Å²) in [7, 11) is 0. The van der Waals surface area contributed by atoms with Gasteiger partial charge in [0.2, 0.25) is 11.8 Å². The molecular formula is C20H20N2O3. The Kier molecular flexibility index (Phi) is 4.95. The predicted molar refractivity (Wildman–Crippen MR) is 94.4 cm³/mol. The highest BCUT2D eigenvalue weighted by molar-refractivity contribution is 5.77. The van der Waals surface area contributed by atoms with Crippen LogP contribution in [0.3, 0.4) is 0 Å². The highest BCUT2D eigenvalue weighted by Gasteiger charge is 2.26. The van der Waals surface area contributed by atoms with Gasteiger partial charge in [-0.1, -0.05) is 48.5 Å². The van der Waals surface area contributed by atoms with Gasteiger partial charge >= 0.3 is 0 Å². The Morgan fingerprint density at radius 2 is 1.76 bits per heavy atom. The Labute approximate surface area is 146 Å². The van der Waals surface area contributed by atoms with Crippen molar-refractivity contribution in [2.24, 2.45) is 0 Å². The van der Waals surface area contributed by atoms with Crippen molar-refractivity contribution in [2.75, 3.05) is 0 Å². The average Bonchev–Trinajstić information content (AvgIpc) is 3.10. The van der Waals surface area contributed by atoms with Crippen LogP contribution in [-0.4, -0.2) is 16.0 Å². The summed E-state index contributed by atoms with van der Waals surface area (Å²) < 4.78 is 5.44. The van der Waals surface area contributed by atoms with Crippen LogP contribution in [0.1, 0.15) is 24.6 Å². The molecule has 0 spiro atoms. The molecule has 128 valence electrons. The lowest BCUT2D eigenvalue weighted by atomic mass is 9.92. The van der Waals surface area contributed by atoms with Crippen LogP contribution in [0.2, 0.25) is 0 Å². The molecule has 3 aromatic rings. The van der Waals surface area contributed by atoms with Crippen molar-refractivity contribution in [1.82, 2.24) is 10.3 Å². The van der Waals surface area contributed by atoms with E-state index in [1.807, 2.05) is 48.5 Å². The second kappa shape index (κ2) is 7.32. The fraction of sp³-hybridized carbons (Fsp3) is 0.200. The first-order valence-corrected chi connectivity index (χ1v) is 8.09. The van der Waals surface area contributed by atoms with E-state index in [9.17, 15) is 9.90 Å². The number of hydrogen-bond donors (Lipinski definition) is 2. The van der Waals surface area contributed by atoms with Gasteiger partial charge in [-0.3, -0.25) is 4.79 Å². The number of carbonyl (C=O) groups excluding carboxylic acids is 1. The average molecular weight is 336 g/mol. The predicted octanol–water partition coefficient (Wildman–Crippen LogP) is 3.26. The molecule has 2 N–H and O–H groups in total. The molecule has 5 nitrogen and oxygen atoms in total. The number of nitrogens with zero attached hydrogens (tertiary/aromatic N) is 1. The molecule has 1 unspecified atom stereocenters. The second-order valence-electron chi connectivity index (χ2n) is 6.10. The Morgan fingerprint density at radius 1 is 1.12 bits per heavy atom. The third-order valence-electron chi connectivity index (χ3n) is 3.94. The van der Waals surface area contributed by atoms with Crippen molar-refractivity contribution in [3.05, 3.63) is 78.2 Å². The topological polar surface area (TPSA) is 75.4 Å². The number of hydrogen-bond acceptors (Lipinski definition) is 4. The summed E-state index contributed by atoms with van der Waals surface area (Å²) >= 11 is 0. The molecule has 3 rings (SSSR count). The lowest BCUT2D eigenvalue weighted by molar-refractivity contribution is -0.126. The van der Waals surface area contributed by atoms with Crippen molar-refractivity contribution in [2.45, 2.75) is 25.5 Å². The molecule has 1 heterocycles. The van der Waals surface area contributed by atoms with E-state index in [0.29, 0.717) is 17.1 Å². The third kappa shape index (κ3) is 4.33. The quantitative estimate of drug-likeness (QED) is 0.724. The van der Waals surface area contributed by atoms with Crippen molar-refractivity contribution < 1.29 is 14.3 Å². The van der Waals surface area contributed by atoms with E-state index in [1.165, 1.54) is 6.26 Å². The van der Waals surface area contributed by atoms with Gasteiger partial charge in [-0.05, 0) is 24.6 Å². The first-order valence-electron chi connectivity index (χ1n) is 8.09. The maximum atomic E-state index is 12.2. The molecule has 0 saturated carbocycles. The Balaban J connectivity index is 1.57. The molecule has 2 aromatic carbocycles. The maximum absolute atomic E-state index is 12.2. The molecule has 5 heteroatoms. The lowest BCUT2D eigenvalue weighted by Gasteiger charge is -2.23. The Morgan fingerprint density at radius 3 is 2.44 bits per heavy atom. The molecule has 1 amide bonds. The van der Waals surface area contributed by atoms with Gasteiger partial charge in [0.25, 0.3) is 0 Å². The van der Waals surface area contributed by atoms with Crippen molar-refractivity contribution >= 4 is 5.91 Å². The highest BCUT2D eigenvalue weighted by atomic mass is 16.3. The molecule has 1 atom stereocenters. The zero-order valence-electron chi connectivity index (χ0n) is 14.0. The van der Waals surface area contributed by atoms with Crippen LogP contribution in [-0.2, 0) is 16.9 Å². The summed E-state index contributed by atoms with van der Waals surface area (Å²) in [5, 5.41) is 13.3. The van der Waals surface area contributed by atoms with E-state index in [-0.39, 0.29) is 18.9 Å². The van der Waals surface area contributed by atoms with Crippen LogP contribution in [0.4, 0.5) is 0 Å². The van der Waals surface area contributed by atoms with Crippen LogP contribution in [0, 0.1) is 0 Å². The first kappa shape index (κ1) is 16.9. The van der Waals surface area contributed by atoms with E-state index in [0.717, 1.165) is 5.56 Å². The van der Waals surface area contributed by atoms with Gasteiger partial charge < -0.3 is 14.8 Å². The summed E-state index contributed by atoms with van der Waals surface area (Å²) in [4.78, 5) is 16.5. The van der Waals surface area contributed by atoms with Gasteiger partial charge in [0, 0.05) is 5.56 Å². The number of aromatic nitrogens is 1. The van der Waals surface area contributed by atoms with Crippen molar-refractivity contribution in [3.63, 3.8) is 0 Å². The van der Waals surface area contributed by atoms with Gasteiger partial charge in [-0.2, -0.15) is 0 Å². The molecule has 0 aliphatic carbocycles. The van der Waals surface area contributed by atoms with Crippen molar-refractivity contribution in [1.29, 1.82) is 0 Å². The molecule has 25 heavy (non-hydrogen) atoms. The minimum absolute atomic E-state index is 0.0274. The zero-order chi connectivity index (χ0) is 17.7. The third-order valence-corrected chi connectivity index (χ3v) is 3.94. The minimum atomic E-state index is -1.22. The van der Waals surface area contributed by atoms with E-state index >= 15 is 0 Å². The Hall–Kier alpha value is -2.92. The van der Waals surface area contributed by atoms with Crippen LogP contribution < -0.4 is 5.32 Å². The first-order chi connectivity index (χ1) is 12.0. The summed E-state index contributed by atoms with van der Waals surface area (Å²) in [6.45, 7) is 1.88. The zero-order valence-corrected chi connectivity index (χ0v) is 14.0. The fourth-order valence-electron chi connectivity index (χ4n) is 2.57. The molecule has 0 saturated heterocycles. The number of aliphatic hydroxyl groups is 1. The summed E-state index contributed by atoms with van der Waals surface area (Å²) in [5.41, 5.74) is 1.00. The molecule has 0 bridgehead atoms. The SMILES string of the molecule is CC(O)(CC(=O)NCc1coc(-c2ccccc2)n1)c1ccccc1. The van der Waals surface area contributed by atoms with Crippen LogP contribution in [0.15, 0.2) is 71.3 Å². The number of oxazole rings is 1. The Bertz CT molecular complexity index is 826. The fourth-order valence-corrected chi connectivity index (χ4v) is 2.57. The molecule has 0 aliphatic heterocycles. The summed E-state index contributed by atoms with van der Waals surface area (Å²) in [6, 6.07) is 18.7. The van der Waals surface area contributed by atoms with Crippen LogP contribution in [0.5, 0.6) is 0 Å². The van der Waals surface area contributed by atoms with E-state index in [1.54, 1.807) is 19.1 Å². The van der Waals surface area contributed by atoms with Gasteiger partial charge in [-0.25, -0.2) is 4.98 Å². The summed E-state index contributed by atoms with van der Waals surface area (Å²) in [6.07, 6.45) is 1.50. The number of carbonyl (C=O) groups is 1. The normalized spacial score (nSPS) is 13.2. The van der Waals surface area contributed by atoms with Crippen LogP contribution >= 0.6 is 0 Å². The van der Waals surface area contributed by atoms with Crippen molar-refractivity contribution in [3.8, 4) is 11.5 Å². The van der Waals surface area contributed by atoms with Gasteiger partial charge in [0.1, 0.15) is 6.26 Å². The molecule has 0 fully saturated rings.